The van der Waals surface area contributed by atoms with Crippen LogP contribution in [-0.2, 0) is 6.42 Å². The number of nitrogens with two attached hydrogens (primary N) is 1. The number of nitrogens with one attached hydrogen (secondary N) is 1. The van der Waals surface area contributed by atoms with Gasteiger partial charge in [-0.25, -0.2) is 14.5 Å². The second-order valence-electron chi connectivity index (χ2n) is 3.52. The highest BCUT2D eigenvalue weighted by atomic mass is 16.5. The van der Waals surface area contributed by atoms with Gasteiger partial charge in [-0.3, -0.25) is 0 Å². The standard InChI is InChI=1S/C11H14N4O2/c1-17-9-4-2-3-8(7-9)15-10(5-6-12)13-14-11(15)16/h2-4,7H,5-6,12H2,1H3,(H,14,16). The third-order valence-corrected chi connectivity index (χ3v) is 2.42. The normalized spacial score (nSPS) is 10.5. The maximum absolute atomic E-state index is 11.7. The number of H-pyrrole nitrogens is 1. The minimum atomic E-state index is -0.276. The van der Waals surface area contributed by atoms with Crippen LogP contribution < -0.4 is 16.2 Å². The molecule has 2 rings (SSSR count). The smallest absolute Gasteiger partial charge is 0.347 e. The zero-order valence-electron chi connectivity index (χ0n) is 9.51. The maximum atomic E-state index is 11.7. The zero-order chi connectivity index (χ0) is 12.3. The summed E-state index contributed by atoms with van der Waals surface area (Å²) in [5.74, 6) is 1.31. The van der Waals surface area contributed by atoms with E-state index in [1.165, 1.54) is 4.57 Å². The van der Waals surface area contributed by atoms with Crippen LogP contribution in [0.25, 0.3) is 5.69 Å². The number of benzene rings is 1. The molecule has 2 aromatic rings. The zero-order valence-corrected chi connectivity index (χ0v) is 9.51. The van der Waals surface area contributed by atoms with Gasteiger partial charge in [0, 0.05) is 12.5 Å². The van der Waals surface area contributed by atoms with E-state index in [1.54, 1.807) is 13.2 Å². The second-order valence-corrected chi connectivity index (χ2v) is 3.52. The van der Waals surface area contributed by atoms with Crippen LogP contribution in [0.3, 0.4) is 0 Å². The number of hydrogen-bond donors (Lipinski definition) is 2. The Bertz CT molecular complexity index is 559. The van der Waals surface area contributed by atoms with Crippen LogP contribution in [0.2, 0.25) is 0 Å². The molecule has 1 heterocycles. The molecule has 0 saturated carbocycles. The first-order valence-electron chi connectivity index (χ1n) is 5.27. The van der Waals surface area contributed by atoms with Gasteiger partial charge in [-0.1, -0.05) is 6.07 Å². The molecule has 6 nitrogen and oxygen atoms in total. The minimum absolute atomic E-state index is 0.276. The van der Waals surface area contributed by atoms with Gasteiger partial charge in [0.25, 0.3) is 0 Å². The van der Waals surface area contributed by atoms with Gasteiger partial charge in [-0.15, -0.1) is 0 Å². The molecule has 1 aromatic heterocycles. The quantitative estimate of drug-likeness (QED) is 0.783. The monoisotopic (exact) mass is 234 g/mol. The predicted molar refractivity (Wildman–Crippen MR) is 63.5 cm³/mol. The lowest BCUT2D eigenvalue weighted by Crippen LogP contribution is -2.18. The van der Waals surface area contributed by atoms with Crippen molar-refractivity contribution in [1.82, 2.24) is 14.8 Å². The molecule has 3 N–H and O–H groups in total. The molecule has 0 aliphatic rings. The Balaban J connectivity index is 2.51. The van der Waals surface area contributed by atoms with Gasteiger partial charge < -0.3 is 10.5 Å². The fraction of sp³-hybridized carbons (Fsp3) is 0.273. The second kappa shape index (κ2) is 4.84. The highest BCUT2D eigenvalue weighted by molar-refractivity contribution is 5.39. The van der Waals surface area contributed by atoms with Crippen molar-refractivity contribution in [3.05, 3.63) is 40.6 Å². The summed E-state index contributed by atoms with van der Waals surface area (Å²) in [4.78, 5) is 11.7. The van der Waals surface area contributed by atoms with E-state index in [1.807, 2.05) is 18.2 Å². The SMILES string of the molecule is COc1cccc(-n2c(CCN)n[nH]c2=O)c1. The highest BCUT2D eigenvalue weighted by Gasteiger charge is 2.09. The van der Waals surface area contributed by atoms with E-state index < -0.39 is 0 Å². The van der Waals surface area contributed by atoms with Gasteiger partial charge in [-0.2, -0.15) is 5.10 Å². The van der Waals surface area contributed by atoms with Crippen molar-refractivity contribution < 1.29 is 4.74 Å². The molecular weight excluding hydrogens is 220 g/mol. The van der Waals surface area contributed by atoms with Gasteiger partial charge in [0.1, 0.15) is 11.6 Å². The van der Waals surface area contributed by atoms with Crippen molar-refractivity contribution in [3.8, 4) is 11.4 Å². The van der Waals surface area contributed by atoms with Gasteiger partial charge >= 0.3 is 5.69 Å². The lowest BCUT2D eigenvalue weighted by molar-refractivity contribution is 0.414. The Morgan fingerprint density at radius 3 is 3.06 bits per heavy atom. The summed E-state index contributed by atoms with van der Waals surface area (Å²) < 4.78 is 6.62. The van der Waals surface area contributed by atoms with Crippen molar-refractivity contribution in [2.75, 3.05) is 13.7 Å². The first kappa shape index (κ1) is 11.4. The number of nitrogens with zero attached hydrogens (tertiary/aromatic N) is 2. The number of hydrogen-bond acceptors (Lipinski definition) is 4. The summed E-state index contributed by atoms with van der Waals surface area (Å²) in [6.45, 7) is 0.439. The molecule has 90 valence electrons. The fourth-order valence-electron chi connectivity index (χ4n) is 1.64. The van der Waals surface area contributed by atoms with E-state index in [0.29, 0.717) is 30.2 Å². The largest absolute Gasteiger partial charge is 0.497 e. The fourth-order valence-corrected chi connectivity index (χ4v) is 1.64. The molecular formula is C11H14N4O2. The van der Waals surface area contributed by atoms with Crippen molar-refractivity contribution in [1.29, 1.82) is 0 Å². The van der Waals surface area contributed by atoms with Crippen molar-refractivity contribution >= 4 is 0 Å². The van der Waals surface area contributed by atoms with E-state index in [2.05, 4.69) is 10.2 Å². The lowest BCUT2D eigenvalue weighted by atomic mass is 10.3. The average Bonchev–Trinajstić information content (AvgIpc) is 2.71. The topological polar surface area (TPSA) is 85.9 Å². The molecule has 0 atom stereocenters. The van der Waals surface area contributed by atoms with Crippen LogP contribution in [0.5, 0.6) is 5.75 Å². The predicted octanol–water partition coefficient (Wildman–Crippen LogP) is 0.0704. The number of rotatable bonds is 4. The van der Waals surface area contributed by atoms with Gasteiger partial charge in [0.15, 0.2) is 0 Å². The first-order valence-corrected chi connectivity index (χ1v) is 5.27. The summed E-state index contributed by atoms with van der Waals surface area (Å²) in [6.07, 6.45) is 0.538. The van der Waals surface area contributed by atoms with Crippen LogP contribution in [0.1, 0.15) is 5.82 Å². The molecule has 0 fully saturated rings. The van der Waals surface area contributed by atoms with E-state index in [9.17, 15) is 4.79 Å². The van der Waals surface area contributed by atoms with Crippen LogP contribution in [0, 0.1) is 0 Å². The molecule has 0 aliphatic carbocycles. The Morgan fingerprint density at radius 1 is 1.53 bits per heavy atom. The summed E-state index contributed by atoms with van der Waals surface area (Å²) in [5, 5.41) is 6.36. The Labute approximate surface area is 98.0 Å². The van der Waals surface area contributed by atoms with Crippen LogP contribution >= 0.6 is 0 Å². The minimum Gasteiger partial charge on any atom is -0.497 e. The van der Waals surface area contributed by atoms with Crippen LogP contribution in [-0.4, -0.2) is 28.4 Å². The molecule has 6 heteroatoms. The third-order valence-electron chi connectivity index (χ3n) is 2.42. The van der Waals surface area contributed by atoms with Gasteiger partial charge in [-0.05, 0) is 18.7 Å². The van der Waals surface area contributed by atoms with E-state index in [4.69, 9.17) is 10.5 Å². The molecule has 0 amide bonds. The molecule has 1 aromatic carbocycles. The van der Waals surface area contributed by atoms with E-state index in [0.717, 1.165) is 0 Å². The van der Waals surface area contributed by atoms with Crippen LogP contribution in [0.15, 0.2) is 29.1 Å². The molecule has 0 aliphatic heterocycles. The molecule has 17 heavy (non-hydrogen) atoms. The van der Waals surface area contributed by atoms with Gasteiger partial charge in [0.2, 0.25) is 0 Å². The lowest BCUT2D eigenvalue weighted by Gasteiger charge is -2.06. The summed E-state index contributed by atoms with van der Waals surface area (Å²) in [5.41, 5.74) is 5.92. The van der Waals surface area contributed by atoms with Crippen molar-refractivity contribution in [3.63, 3.8) is 0 Å². The number of aromatic amines is 1. The molecule has 0 saturated heterocycles. The first-order chi connectivity index (χ1) is 8.26. The molecule has 0 unspecified atom stereocenters. The van der Waals surface area contributed by atoms with E-state index in [-0.39, 0.29) is 5.69 Å². The van der Waals surface area contributed by atoms with Crippen molar-refractivity contribution in [2.45, 2.75) is 6.42 Å². The number of aromatic nitrogens is 3. The summed E-state index contributed by atoms with van der Waals surface area (Å²) in [7, 11) is 1.58. The molecule has 0 bridgehead atoms. The Kier molecular flexibility index (Phi) is 3.24. The summed E-state index contributed by atoms with van der Waals surface area (Å²) in [6, 6.07) is 7.23. The maximum Gasteiger partial charge on any atom is 0.347 e. The Hall–Kier alpha value is -2.08. The Morgan fingerprint density at radius 2 is 2.35 bits per heavy atom. The van der Waals surface area contributed by atoms with Crippen molar-refractivity contribution in [2.24, 2.45) is 5.73 Å². The number of ether oxygens (including phenoxy) is 1. The molecule has 0 spiro atoms. The number of methoxy groups -OCH3 is 1. The highest BCUT2D eigenvalue weighted by Crippen LogP contribution is 2.15. The molecule has 0 radical (unpaired) electrons. The average molecular weight is 234 g/mol. The summed E-state index contributed by atoms with van der Waals surface area (Å²) >= 11 is 0. The van der Waals surface area contributed by atoms with Crippen LogP contribution in [0.4, 0.5) is 0 Å². The van der Waals surface area contributed by atoms with E-state index >= 15 is 0 Å². The van der Waals surface area contributed by atoms with Gasteiger partial charge in [0.05, 0.1) is 12.8 Å². The third kappa shape index (κ3) is 2.21.